The summed E-state index contributed by atoms with van der Waals surface area (Å²) >= 11 is 0. The lowest BCUT2D eigenvalue weighted by Crippen LogP contribution is -2.42. The number of hydrogen-bond acceptors (Lipinski definition) is 5. The fourth-order valence-electron chi connectivity index (χ4n) is 2.54. The van der Waals surface area contributed by atoms with Gasteiger partial charge in [-0.05, 0) is 38.5 Å². The highest BCUT2D eigenvalue weighted by Crippen LogP contribution is 2.22. The Morgan fingerprint density at radius 2 is 1.56 bits per heavy atom. The molecule has 2 N–H and O–H groups in total. The minimum atomic E-state index is -3.73. The van der Waals surface area contributed by atoms with Crippen LogP contribution in [0.1, 0.15) is 32.4 Å². The maximum Gasteiger partial charge on any atom is 0.408 e. The van der Waals surface area contributed by atoms with Gasteiger partial charge in [-0.25, -0.2) is 13.2 Å². The third-order valence-electron chi connectivity index (χ3n) is 3.71. The van der Waals surface area contributed by atoms with Crippen molar-refractivity contribution in [3.05, 3.63) is 66.2 Å². The summed E-state index contributed by atoms with van der Waals surface area (Å²) in [4.78, 5) is 12.3. The highest BCUT2D eigenvalue weighted by Gasteiger charge is 2.30. The van der Waals surface area contributed by atoms with Crippen LogP contribution in [0.5, 0.6) is 0 Å². The first-order valence-corrected chi connectivity index (χ1v) is 10.2. The van der Waals surface area contributed by atoms with Crippen LogP contribution >= 0.6 is 0 Å². The third kappa shape index (κ3) is 6.37. The van der Waals surface area contributed by atoms with Gasteiger partial charge in [-0.3, -0.25) is 0 Å². The summed E-state index contributed by atoms with van der Waals surface area (Å²) in [5.74, 6) is -0.535. The molecule has 2 aromatic carbocycles. The van der Waals surface area contributed by atoms with Crippen molar-refractivity contribution in [2.75, 3.05) is 5.75 Å². The van der Waals surface area contributed by atoms with E-state index in [1.54, 1.807) is 69.3 Å². The number of carbonyl (C=O) groups excluding carboxylic acids is 1. The molecule has 0 saturated carbocycles. The normalized spacial score (nSPS) is 14.2. The number of ether oxygens (including phenoxy) is 1. The molecule has 0 bridgehead atoms. The number of aliphatic hydroxyl groups is 1. The lowest BCUT2D eigenvalue weighted by Gasteiger charge is -2.27. The van der Waals surface area contributed by atoms with Gasteiger partial charge in [-0.2, -0.15) is 0 Å². The van der Waals surface area contributed by atoms with Gasteiger partial charge < -0.3 is 15.2 Å². The second kappa shape index (κ2) is 8.54. The Balaban J connectivity index is 2.24. The lowest BCUT2D eigenvalue weighted by atomic mass is 10.0. The molecule has 27 heavy (non-hydrogen) atoms. The minimum absolute atomic E-state index is 0.119. The Morgan fingerprint density at radius 3 is 2.07 bits per heavy atom. The maximum atomic E-state index is 12.6. The Bertz CT molecular complexity index is 845. The van der Waals surface area contributed by atoms with Crippen LogP contribution in [0, 0.1) is 0 Å². The van der Waals surface area contributed by atoms with Crippen LogP contribution in [-0.4, -0.2) is 37.1 Å². The molecule has 7 heteroatoms. The molecular weight excluding hydrogens is 366 g/mol. The number of sulfone groups is 1. The molecule has 0 spiro atoms. The predicted octanol–water partition coefficient (Wildman–Crippen LogP) is 3.09. The van der Waals surface area contributed by atoms with E-state index in [4.69, 9.17) is 4.74 Å². The molecule has 0 aliphatic carbocycles. The van der Waals surface area contributed by atoms with E-state index in [2.05, 4.69) is 5.32 Å². The van der Waals surface area contributed by atoms with Crippen molar-refractivity contribution in [3.8, 4) is 0 Å². The number of rotatable bonds is 6. The average Bonchev–Trinajstić information content (AvgIpc) is 2.59. The molecule has 2 atom stereocenters. The zero-order valence-corrected chi connectivity index (χ0v) is 16.4. The summed E-state index contributed by atoms with van der Waals surface area (Å²) in [6, 6.07) is 15.7. The first kappa shape index (κ1) is 20.9. The molecule has 0 aliphatic rings. The van der Waals surface area contributed by atoms with Crippen LogP contribution in [0.3, 0.4) is 0 Å². The third-order valence-corrected chi connectivity index (χ3v) is 5.48. The maximum absolute atomic E-state index is 12.6. The summed E-state index contributed by atoms with van der Waals surface area (Å²) in [5.41, 5.74) is -0.133. The van der Waals surface area contributed by atoms with E-state index >= 15 is 0 Å². The number of nitrogens with one attached hydrogen (secondary N) is 1. The van der Waals surface area contributed by atoms with E-state index in [1.165, 1.54) is 12.1 Å². The topological polar surface area (TPSA) is 92.7 Å². The first-order valence-electron chi connectivity index (χ1n) is 8.59. The molecule has 0 saturated heterocycles. The van der Waals surface area contributed by atoms with E-state index in [1.807, 2.05) is 0 Å². The second-order valence-electron chi connectivity index (χ2n) is 7.20. The van der Waals surface area contributed by atoms with Gasteiger partial charge in [0, 0.05) is 0 Å². The number of alkyl carbamates (subject to hydrolysis) is 1. The van der Waals surface area contributed by atoms with Gasteiger partial charge in [0.1, 0.15) is 5.60 Å². The molecule has 1 amide bonds. The molecule has 0 aliphatic heterocycles. The van der Waals surface area contributed by atoms with Crippen LogP contribution in [0.2, 0.25) is 0 Å². The predicted molar refractivity (Wildman–Crippen MR) is 103 cm³/mol. The first-order chi connectivity index (χ1) is 12.6. The quantitative estimate of drug-likeness (QED) is 0.789. The van der Waals surface area contributed by atoms with Gasteiger partial charge >= 0.3 is 6.09 Å². The lowest BCUT2D eigenvalue weighted by molar-refractivity contribution is 0.0438. The monoisotopic (exact) mass is 391 g/mol. The van der Waals surface area contributed by atoms with Gasteiger partial charge in [-0.1, -0.05) is 48.5 Å². The number of aliphatic hydroxyl groups excluding tert-OH is 1. The highest BCUT2D eigenvalue weighted by molar-refractivity contribution is 7.91. The molecule has 0 heterocycles. The Hall–Kier alpha value is -2.38. The van der Waals surface area contributed by atoms with E-state index < -0.39 is 39.4 Å². The molecular formula is C20H25NO5S. The zero-order chi connectivity index (χ0) is 20.1. The Labute approximate surface area is 160 Å². The van der Waals surface area contributed by atoms with E-state index in [0.29, 0.717) is 5.56 Å². The van der Waals surface area contributed by atoms with Crippen LogP contribution in [0.15, 0.2) is 65.6 Å². The Morgan fingerprint density at radius 1 is 1.04 bits per heavy atom. The number of carbonyl (C=O) groups is 1. The number of benzene rings is 2. The van der Waals surface area contributed by atoms with Crippen molar-refractivity contribution in [1.29, 1.82) is 0 Å². The van der Waals surface area contributed by atoms with Crippen molar-refractivity contribution in [3.63, 3.8) is 0 Å². The summed E-state index contributed by atoms with van der Waals surface area (Å²) in [6.45, 7) is 5.17. The summed E-state index contributed by atoms with van der Waals surface area (Å²) in [6.07, 6.45) is -2.09. The minimum Gasteiger partial charge on any atom is -0.444 e. The van der Waals surface area contributed by atoms with Crippen molar-refractivity contribution < 1.29 is 23.1 Å². The summed E-state index contributed by atoms with van der Waals surface area (Å²) < 4.78 is 30.4. The molecule has 2 rings (SSSR count). The van der Waals surface area contributed by atoms with Crippen LogP contribution in [0.4, 0.5) is 4.79 Å². The Kier molecular flexibility index (Phi) is 6.62. The molecule has 0 aromatic heterocycles. The largest absolute Gasteiger partial charge is 0.444 e. The van der Waals surface area contributed by atoms with Gasteiger partial charge in [0.2, 0.25) is 0 Å². The average molecular weight is 391 g/mol. The van der Waals surface area contributed by atoms with Crippen LogP contribution < -0.4 is 5.32 Å². The molecule has 0 fully saturated rings. The summed E-state index contributed by atoms with van der Waals surface area (Å²) in [7, 11) is -3.73. The van der Waals surface area contributed by atoms with E-state index in [9.17, 15) is 18.3 Å². The van der Waals surface area contributed by atoms with Crippen molar-refractivity contribution in [2.24, 2.45) is 0 Å². The van der Waals surface area contributed by atoms with Gasteiger partial charge in [-0.15, -0.1) is 0 Å². The number of amides is 1. The molecule has 146 valence electrons. The van der Waals surface area contributed by atoms with E-state index in [-0.39, 0.29) is 4.90 Å². The van der Waals surface area contributed by atoms with E-state index in [0.717, 1.165) is 0 Å². The van der Waals surface area contributed by atoms with Crippen molar-refractivity contribution in [1.82, 2.24) is 5.32 Å². The standard InChI is InChI=1S/C20H25NO5S/c1-20(2,3)26-19(23)21-18(15-10-6-4-7-11-15)17(22)14-27(24,25)16-12-8-5-9-13-16/h4-13,17-18,22H,14H2,1-3H3,(H,21,23)/t17-,18+/m1/s1. The molecule has 2 aromatic rings. The SMILES string of the molecule is CC(C)(C)OC(=O)N[C@@H](c1ccccc1)[C@H](O)CS(=O)(=O)c1ccccc1. The zero-order valence-electron chi connectivity index (χ0n) is 15.6. The molecule has 0 unspecified atom stereocenters. The van der Waals surface area contributed by atoms with Gasteiger partial charge in [0.15, 0.2) is 9.84 Å². The van der Waals surface area contributed by atoms with Gasteiger partial charge in [0.25, 0.3) is 0 Å². The highest BCUT2D eigenvalue weighted by atomic mass is 32.2. The molecule has 0 radical (unpaired) electrons. The fraction of sp³-hybridized carbons (Fsp3) is 0.350. The van der Waals surface area contributed by atoms with Crippen LogP contribution in [-0.2, 0) is 14.6 Å². The number of hydrogen-bond donors (Lipinski definition) is 2. The second-order valence-corrected chi connectivity index (χ2v) is 9.23. The molecule has 6 nitrogen and oxygen atoms in total. The van der Waals surface area contributed by atoms with Crippen molar-refractivity contribution >= 4 is 15.9 Å². The van der Waals surface area contributed by atoms with Crippen molar-refractivity contribution in [2.45, 2.75) is 43.4 Å². The smallest absolute Gasteiger partial charge is 0.408 e. The fourth-order valence-corrected chi connectivity index (χ4v) is 3.95. The summed E-state index contributed by atoms with van der Waals surface area (Å²) in [5, 5.41) is 13.2. The van der Waals surface area contributed by atoms with Gasteiger partial charge in [0.05, 0.1) is 22.8 Å². The van der Waals surface area contributed by atoms with Crippen LogP contribution in [0.25, 0.3) is 0 Å².